The number of nitrogens with two attached hydrogens (primary N) is 2. The van der Waals surface area contributed by atoms with E-state index in [4.69, 9.17) is 11.5 Å². The highest BCUT2D eigenvalue weighted by Gasteiger charge is 2.18. The van der Waals surface area contributed by atoms with Crippen molar-refractivity contribution in [1.82, 2.24) is 0 Å². The minimum atomic E-state index is -0.617. The van der Waals surface area contributed by atoms with E-state index < -0.39 is 11.8 Å². The van der Waals surface area contributed by atoms with Crippen molar-refractivity contribution in [3.8, 4) is 0 Å². The van der Waals surface area contributed by atoms with Gasteiger partial charge < -0.3 is 11.5 Å². The molecule has 2 rings (SSSR count). The van der Waals surface area contributed by atoms with Crippen LogP contribution in [0.25, 0.3) is 0 Å². The van der Waals surface area contributed by atoms with Crippen LogP contribution >= 0.6 is 0 Å². The molecule has 2 aromatic carbocycles. The second-order valence-corrected chi connectivity index (χ2v) is 5.01. The first-order chi connectivity index (χ1) is 10.6. The van der Waals surface area contributed by atoms with Crippen molar-refractivity contribution in [2.24, 2.45) is 11.5 Å². The van der Waals surface area contributed by atoms with Gasteiger partial charge in [-0.25, -0.2) is 0 Å². The first kappa shape index (κ1) is 15.5. The van der Waals surface area contributed by atoms with E-state index in [1.165, 1.54) is 0 Å². The number of carbonyl (C=O) groups excluding carboxylic acids is 2. The largest absolute Gasteiger partial charge is 0.366 e. The van der Waals surface area contributed by atoms with Crippen molar-refractivity contribution in [1.29, 1.82) is 0 Å². The zero-order valence-corrected chi connectivity index (χ0v) is 12.2. The zero-order valence-electron chi connectivity index (χ0n) is 12.2. The number of hydrogen-bond donors (Lipinski definition) is 2. The van der Waals surface area contributed by atoms with Gasteiger partial charge in [-0.15, -0.1) is 0 Å². The Morgan fingerprint density at radius 3 is 1.23 bits per heavy atom. The molecule has 0 saturated carbocycles. The molecular weight excluding hydrogens is 276 g/mol. The van der Waals surface area contributed by atoms with Crippen molar-refractivity contribution in [3.05, 3.63) is 82.9 Å². The summed E-state index contributed by atoms with van der Waals surface area (Å²) in [4.78, 5) is 23.6. The smallest absolute Gasteiger partial charge is 0.245 e. The number of carbonyl (C=O) groups is 2. The third-order valence-electron chi connectivity index (χ3n) is 3.41. The minimum absolute atomic E-state index is 0.266. The maximum Gasteiger partial charge on any atom is 0.245 e. The molecule has 4 N–H and O–H groups in total. The number of hydrogen-bond acceptors (Lipinski definition) is 2. The second kappa shape index (κ2) is 7.22. The van der Waals surface area contributed by atoms with Crippen LogP contribution in [-0.4, -0.2) is 11.8 Å². The summed E-state index contributed by atoms with van der Waals surface area (Å²) in [6, 6.07) is 18.8. The fraction of sp³-hybridized carbons (Fsp3) is 0.111. The Labute approximate surface area is 129 Å². The van der Waals surface area contributed by atoms with Crippen LogP contribution in [0.3, 0.4) is 0 Å². The summed E-state index contributed by atoms with van der Waals surface area (Å²) in [5.74, 6) is -1.23. The monoisotopic (exact) mass is 294 g/mol. The van der Waals surface area contributed by atoms with Gasteiger partial charge in [0.15, 0.2) is 0 Å². The zero-order chi connectivity index (χ0) is 15.9. The second-order valence-electron chi connectivity index (χ2n) is 5.01. The van der Waals surface area contributed by atoms with E-state index in [9.17, 15) is 9.59 Å². The maximum atomic E-state index is 11.8. The lowest BCUT2D eigenvalue weighted by Crippen LogP contribution is -2.25. The van der Waals surface area contributed by atoms with Crippen molar-refractivity contribution < 1.29 is 9.59 Å². The van der Waals surface area contributed by atoms with Gasteiger partial charge in [0.25, 0.3) is 0 Å². The number of amides is 2. The standard InChI is InChI=1S/C18H18N2O2/c19-17(21)15(11-13-7-3-1-4-8-13)16(18(20)22)12-14-9-5-2-6-10-14/h1-10H,11-12H2,(H2,19,21)(H2,20,22). The molecule has 4 heteroatoms. The number of benzene rings is 2. The molecule has 2 amide bonds. The Morgan fingerprint density at radius 2 is 0.955 bits per heavy atom. The third kappa shape index (κ3) is 4.06. The Hall–Kier alpha value is -2.88. The van der Waals surface area contributed by atoms with Crippen LogP contribution in [0.15, 0.2) is 71.8 Å². The van der Waals surface area contributed by atoms with Crippen LogP contribution in [0.1, 0.15) is 11.1 Å². The molecule has 2 aromatic rings. The van der Waals surface area contributed by atoms with Crippen molar-refractivity contribution in [2.75, 3.05) is 0 Å². The van der Waals surface area contributed by atoms with Gasteiger partial charge in [0.1, 0.15) is 0 Å². The highest BCUT2D eigenvalue weighted by Crippen LogP contribution is 2.16. The molecule has 0 spiro atoms. The molecule has 0 heterocycles. The van der Waals surface area contributed by atoms with E-state index in [0.29, 0.717) is 12.8 Å². The topological polar surface area (TPSA) is 86.2 Å². The molecule has 112 valence electrons. The van der Waals surface area contributed by atoms with Gasteiger partial charge in [-0.2, -0.15) is 0 Å². The highest BCUT2D eigenvalue weighted by atomic mass is 16.2. The van der Waals surface area contributed by atoms with Gasteiger partial charge >= 0.3 is 0 Å². The van der Waals surface area contributed by atoms with E-state index in [2.05, 4.69) is 0 Å². The van der Waals surface area contributed by atoms with Crippen molar-refractivity contribution >= 4 is 11.8 Å². The summed E-state index contributed by atoms with van der Waals surface area (Å²) in [6.07, 6.45) is 0.586. The number of rotatable bonds is 6. The van der Waals surface area contributed by atoms with E-state index in [-0.39, 0.29) is 11.1 Å². The Morgan fingerprint density at radius 1 is 0.636 bits per heavy atom. The van der Waals surface area contributed by atoms with Gasteiger partial charge in [-0.1, -0.05) is 60.7 Å². The minimum Gasteiger partial charge on any atom is -0.366 e. The van der Waals surface area contributed by atoms with E-state index >= 15 is 0 Å². The molecular formula is C18H18N2O2. The van der Waals surface area contributed by atoms with E-state index in [0.717, 1.165) is 11.1 Å². The molecule has 0 bridgehead atoms. The van der Waals surface area contributed by atoms with Gasteiger partial charge in [0.2, 0.25) is 11.8 Å². The Bertz CT molecular complexity index is 630. The van der Waals surface area contributed by atoms with Gasteiger partial charge in [0, 0.05) is 24.0 Å². The van der Waals surface area contributed by atoms with Crippen LogP contribution in [0.4, 0.5) is 0 Å². The molecule has 0 saturated heterocycles. The van der Waals surface area contributed by atoms with Crippen molar-refractivity contribution in [2.45, 2.75) is 12.8 Å². The molecule has 0 atom stereocenters. The molecule has 0 unspecified atom stereocenters. The maximum absolute atomic E-state index is 11.8. The van der Waals surface area contributed by atoms with E-state index in [1.807, 2.05) is 60.7 Å². The lowest BCUT2D eigenvalue weighted by molar-refractivity contribution is -0.117. The quantitative estimate of drug-likeness (QED) is 0.795. The van der Waals surface area contributed by atoms with Crippen LogP contribution in [0, 0.1) is 0 Å². The predicted octanol–water partition coefficient (Wildman–Crippen LogP) is 1.74. The van der Waals surface area contributed by atoms with Crippen LogP contribution < -0.4 is 11.5 Å². The molecule has 0 aliphatic heterocycles. The average molecular weight is 294 g/mol. The highest BCUT2D eigenvalue weighted by molar-refractivity contribution is 6.04. The number of primary amides is 2. The summed E-state index contributed by atoms with van der Waals surface area (Å²) >= 11 is 0. The Balaban J connectivity index is 2.39. The molecule has 0 aliphatic carbocycles. The third-order valence-corrected chi connectivity index (χ3v) is 3.41. The lowest BCUT2D eigenvalue weighted by Gasteiger charge is -2.11. The lowest BCUT2D eigenvalue weighted by atomic mass is 9.94. The Kier molecular flexibility index (Phi) is 5.09. The van der Waals surface area contributed by atoms with Gasteiger partial charge in [0.05, 0.1) is 0 Å². The molecule has 0 fully saturated rings. The van der Waals surface area contributed by atoms with Crippen LogP contribution in [-0.2, 0) is 22.4 Å². The van der Waals surface area contributed by atoms with Gasteiger partial charge in [-0.3, -0.25) is 9.59 Å². The summed E-state index contributed by atoms with van der Waals surface area (Å²) in [6.45, 7) is 0. The fourth-order valence-electron chi connectivity index (χ4n) is 2.29. The van der Waals surface area contributed by atoms with E-state index in [1.54, 1.807) is 0 Å². The summed E-state index contributed by atoms with van der Waals surface area (Å²) in [5.41, 5.74) is 13.3. The summed E-state index contributed by atoms with van der Waals surface area (Å²) in [7, 11) is 0. The molecule has 4 nitrogen and oxygen atoms in total. The molecule has 0 radical (unpaired) electrons. The summed E-state index contributed by atoms with van der Waals surface area (Å²) < 4.78 is 0. The summed E-state index contributed by atoms with van der Waals surface area (Å²) in [5, 5.41) is 0. The van der Waals surface area contributed by atoms with Crippen molar-refractivity contribution in [3.63, 3.8) is 0 Å². The van der Waals surface area contributed by atoms with Gasteiger partial charge in [-0.05, 0) is 11.1 Å². The van der Waals surface area contributed by atoms with Crippen LogP contribution in [0.2, 0.25) is 0 Å². The predicted molar refractivity (Wildman–Crippen MR) is 85.7 cm³/mol. The first-order valence-corrected chi connectivity index (χ1v) is 6.97. The molecule has 22 heavy (non-hydrogen) atoms. The SMILES string of the molecule is NC(=O)C(Cc1ccccc1)=C(Cc1ccccc1)C(N)=O. The average Bonchev–Trinajstić information content (AvgIpc) is 2.52. The fourth-order valence-corrected chi connectivity index (χ4v) is 2.29. The molecule has 0 aromatic heterocycles. The first-order valence-electron chi connectivity index (χ1n) is 6.97. The van der Waals surface area contributed by atoms with Crippen LogP contribution in [0.5, 0.6) is 0 Å². The molecule has 0 aliphatic rings. The normalized spacial score (nSPS) is 11.6.